The Kier molecular flexibility index (Phi) is 6.78. The van der Waals surface area contributed by atoms with Gasteiger partial charge in [0.15, 0.2) is 5.82 Å². The molecular weight excluding hydrogens is 308 g/mol. The highest BCUT2D eigenvalue weighted by atomic mass is 15.3. The molecule has 1 aliphatic rings. The Morgan fingerprint density at radius 2 is 2.00 bits per heavy atom. The number of hydrogen-bond donors (Lipinski definition) is 1. The number of nitrogens with zero attached hydrogens (tertiary/aromatic N) is 3. The summed E-state index contributed by atoms with van der Waals surface area (Å²) in [6.07, 6.45) is 14.9. The minimum absolute atomic E-state index is 0.749. The minimum Gasteiger partial charge on any atom is -0.259 e. The molecule has 3 rings (SSSR count). The summed E-state index contributed by atoms with van der Waals surface area (Å²) in [5.41, 5.74) is 4.43. The number of hydrazone groups is 1. The molecule has 0 spiro atoms. The molecule has 1 aliphatic carbocycles. The van der Waals surface area contributed by atoms with Crippen molar-refractivity contribution in [3.8, 4) is 0 Å². The van der Waals surface area contributed by atoms with Crippen molar-refractivity contribution in [3.05, 3.63) is 30.5 Å². The monoisotopic (exact) mass is 338 g/mol. The molecule has 1 aromatic carbocycles. The summed E-state index contributed by atoms with van der Waals surface area (Å²) in [4.78, 5) is 0. The summed E-state index contributed by atoms with van der Waals surface area (Å²) < 4.78 is 0. The highest BCUT2D eigenvalue weighted by Gasteiger charge is 2.13. The van der Waals surface area contributed by atoms with Gasteiger partial charge in [0, 0.05) is 16.5 Å². The maximum absolute atomic E-state index is 4.68. The Hall–Kier alpha value is -1.97. The van der Waals surface area contributed by atoms with Crippen molar-refractivity contribution in [1.29, 1.82) is 0 Å². The summed E-state index contributed by atoms with van der Waals surface area (Å²) in [6, 6.07) is 8.15. The number of aromatic nitrogens is 2. The molecule has 0 radical (unpaired) electrons. The second kappa shape index (κ2) is 9.50. The topological polar surface area (TPSA) is 50.2 Å². The third-order valence-electron chi connectivity index (χ3n) is 5.23. The first-order valence-corrected chi connectivity index (χ1v) is 9.88. The van der Waals surface area contributed by atoms with Crippen LogP contribution in [0.2, 0.25) is 0 Å². The van der Waals surface area contributed by atoms with Gasteiger partial charge in [-0.1, -0.05) is 76.1 Å². The summed E-state index contributed by atoms with van der Waals surface area (Å²) in [6.45, 7) is 2.22. The van der Waals surface area contributed by atoms with Crippen LogP contribution in [0.1, 0.15) is 71.1 Å². The largest absolute Gasteiger partial charge is 0.259 e. The molecule has 134 valence electrons. The van der Waals surface area contributed by atoms with Crippen LogP contribution in [-0.2, 0) is 0 Å². The quantitative estimate of drug-likeness (QED) is 0.478. The summed E-state index contributed by atoms with van der Waals surface area (Å²) in [5.74, 6) is 1.70. The molecule has 0 aliphatic heterocycles. The van der Waals surface area contributed by atoms with Crippen molar-refractivity contribution in [2.75, 3.05) is 5.43 Å². The molecule has 0 atom stereocenters. The van der Waals surface area contributed by atoms with E-state index >= 15 is 0 Å². The summed E-state index contributed by atoms with van der Waals surface area (Å²) >= 11 is 0. The van der Waals surface area contributed by atoms with Gasteiger partial charge in [-0.25, -0.2) is 0 Å². The van der Waals surface area contributed by atoms with E-state index in [1.54, 1.807) is 6.20 Å². The molecule has 0 unspecified atom stereocenters. The molecule has 0 bridgehead atoms. The normalized spacial score (nSPS) is 16.3. The maximum atomic E-state index is 4.68. The zero-order valence-electron chi connectivity index (χ0n) is 15.4. The summed E-state index contributed by atoms with van der Waals surface area (Å²) in [7, 11) is 0. The maximum Gasteiger partial charge on any atom is 0.176 e. The van der Waals surface area contributed by atoms with Crippen molar-refractivity contribution < 1.29 is 0 Å². The summed E-state index contributed by atoms with van der Waals surface area (Å²) in [5, 5.41) is 15.1. The first-order chi connectivity index (χ1) is 12.4. The van der Waals surface area contributed by atoms with Gasteiger partial charge in [0.2, 0.25) is 0 Å². The van der Waals surface area contributed by atoms with E-state index in [-0.39, 0.29) is 0 Å². The highest BCUT2D eigenvalue weighted by Crippen LogP contribution is 2.28. The molecule has 1 heterocycles. The average molecular weight is 338 g/mol. The van der Waals surface area contributed by atoms with E-state index in [2.05, 4.69) is 39.8 Å². The fourth-order valence-corrected chi connectivity index (χ4v) is 3.84. The zero-order chi connectivity index (χ0) is 17.3. The number of nitrogens with one attached hydrogen (secondary N) is 1. The minimum atomic E-state index is 0.749. The fourth-order valence-electron chi connectivity index (χ4n) is 3.84. The number of fused-ring (bicyclic) bond motifs is 1. The number of hydrogen-bond acceptors (Lipinski definition) is 4. The van der Waals surface area contributed by atoms with Crippen molar-refractivity contribution in [3.63, 3.8) is 0 Å². The second-order valence-corrected chi connectivity index (χ2v) is 7.22. The van der Waals surface area contributed by atoms with Crippen molar-refractivity contribution in [2.45, 2.75) is 71.1 Å². The van der Waals surface area contributed by atoms with Crippen LogP contribution in [0.25, 0.3) is 10.8 Å². The van der Waals surface area contributed by atoms with Gasteiger partial charge in [-0.15, -0.1) is 5.10 Å². The van der Waals surface area contributed by atoms with E-state index in [1.165, 1.54) is 50.7 Å². The molecular formula is C21H30N4. The van der Waals surface area contributed by atoms with Gasteiger partial charge in [0.25, 0.3) is 0 Å². The average Bonchev–Trinajstić information content (AvgIpc) is 2.67. The molecule has 0 saturated heterocycles. The van der Waals surface area contributed by atoms with Crippen LogP contribution in [0, 0.1) is 5.92 Å². The van der Waals surface area contributed by atoms with E-state index in [0.717, 1.165) is 41.8 Å². The van der Waals surface area contributed by atoms with Gasteiger partial charge in [0.1, 0.15) is 0 Å². The van der Waals surface area contributed by atoms with Gasteiger partial charge in [-0.2, -0.15) is 10.2 Å². The Balaban J connectivity index is 1.59. The Bertz CT molecular complexity index is 684. The number of anilines is 1. The lowest BCUT2D eigenvalue weighted by molar-refractivity contribution is 0.334. The molecule has 1 aromatic heterocycles. The highest BCUT2D eigenvalue weighted by molar-refractivity contribution is 5.92. The first kappa shape index (κ1) is 17.8. The number of rotatable bonds is 8. The molecule has 25 heavy (non-hydrogen) atoms. The van der Waals surface area contributed by atoms with E-state index < -0.39 is 0 Å². The molecule has 1 N–H and O–H groups in total. The lowest BCUT2D eigenvalue weighted by atomic mass is 9.85. The smallest absolute Gasteiger partial charge is 0.176 e. The SMILES string of the molecule is CCC/C(CCCC1CCCCC1)=N\Nc1nncc2ccccc12. The fraction of sp³-hybridized carbons (Fsp3) is 0.571. The van der Waals surface area contributed by atoms with Crippen LogP contribution < -0.4 is 5.43 Å². The van der Waals surface area contributed by atoms with Gasteiger partial charge >= 0.3 is 0 Å². The van der Waals surface area contributed by atoms with Crippen LogP contribution in [0.5, 0.6) is 0 Å². The lowest BCUT2D eigenvalue weighted by Crippen LogP contribution is -2.08. The van der Waals surface area contributed by atoms with Crippen molar-refractivity contribution >= 4 is 22.3 Å². The Labute approximate surface area is 151 Å². The van der Waals surface area contributed by atoms with Crippen LogP contribution >= 0.6 is 0 Å². The van der Waals surface area contributed by atoms with E-state index in [1.807, 2.05) is 12.1 Å². The second-order valence-electron chi connectivity index (χ2n) is 7.22. The molecule has 0 amide bonds. The molecule has 4 nitrogen and oxygen atoms in total. The molecule has 4 heteroatoms. The van der Waals surface area contributed by atoms with E-state index in [4.69, 9.17) is 0 Å². The van der Waals surface area contributed by atoms with Gasteiger partial charge in [0.05, 0.1) is 6.20 Å². The van der Waals surface area contributed by atoms with Gasteiger partial charge < -0.3 is 0 Å². The lowest BCUT2D eigenvalue weighted by Gasteiger charge is -2.21. The van der Waals surface area contributed by atoms with Crippen molar-refractivity contribution in [1.82, 2.24) is 10.2 Å². The Morgan fingerprint density at radius 3 is 2.84 bits per heavy atom. The third-order valence-corrected chi connectivity index (χ3v) is 5.23. The molecule has 1 saturated carbocycles. The van der Waals surface area contributed by atoms with Gasteiger partial charge in [-0.05, 0) is 25.2 Å². The predicted octanol–water partition coefficient (Wildman–Crippen LogP) is 5.95. The van der Waals surface area contributed by atoms with Crippen LogP contribution in [-0.4, -0.2) is 15.9 Å². The zero-order valence-corrected chi connectivity index (χ0v) is 15.4. The van der Waals surface area contributed by atoms with Crippen molar-refractivity contribution in [2.24, 2.45) is 11.0 Å². The van der Waals surface area contributed by atoms with Crippen LogP contribution in [0.3, 0.4) is 0 Å². The van der Waals surface area contributed by atoms with Crippen LogP contribution in [0.15, 0.2) is 35.6 Å². The van der Waals surface area contributed by atoms with E-state index in [9.17, 15) is 0 Å². The molecule has 2 aromatic rings. The third kappa shape index (κ3) is 5.25. The standard InChI is InChI=1S/C21H30N4/c1-2-9-19(14-8-12-17-10-4-3-5-11-17)23-25-21-20-15-7-6-13-18(20)16-22-24-21/h6-7,13,15-17H,2-5,8-12,14H2,1H3,(H,24,25)/b23-19+. The van der Waals surface area contributed by atoms with E-state index in [0.29, 0.717) is 0 Å². The number of benzene rings is 1. The first-order valence-electron chi connectivity index (χ1n) is 9.88. The van der Waals surface area contributed by atoms with Crippen LogP contribution in [0.4, 0.5) is 5.82 Å². The Morgan fingerprint density at radius 1 is 1.16 bits per heavy atom. The molecule has 1 fully saturated rings. The predicted molar refractivity (Wildman–Crippen MR) is 106 cm³/mol. The van der Waals surface area contributed by atoms with Gasteiger partial charge in [-0.3, -0.25) is 5.43 Å².